The van der Waals surface area contributed by atoms with Crippen LogP contribution in [0.1, 0.15) is 50.8 Å². The maximum atomic E-state index is 6.66. The SMILES string of the molecule is CC1(C)O[C@@H]2O[C@H](O[C@H]3C[C@@H](OCc4ccccc4)[C@H](OCc4ccccc4)[C@@H](COCc4ccccc4)O3)[C@@H]3OC(C)(C)O[C@@H]3[C@H]2O1. The first kappa shape index (κ1) is 33.7. The molecule has 258 valence electrons. The van der Waals surface area contributed by atoms with Crippen LogP contribution in [0.15, 0.2) is 91.0 Å². The van der Waals surface area contributed by atoms with Gasteiger partial charge in [-0.2, -0.15) is 0 Å². The molecule has 4 saturated heterocycles. The van der Waals surface area contributed by atoms with Crippen molar-refractivity contribution < 1.29 is 47.4 Å². The summed E-state index contributed by atoms with van der Waals surface area (Å²) in [6.07, 6.45) is -4.68. The number of ether oxygens (including phenoxy) is 10. The Hall–Kier alpha value is -2.74. The topological polar surface area (TPSA) is 92.3 Å². The van der Waals surface area contributed by atoms with Crippen LogP contribution in [0.2, 0.25) is 0 Å². The molecule has 4 aliphatic heterocycles. The smallest absolute Gasteiger partial charge is 0.192 e. The molecule has 0 radical (unpaired) electrons. The van der Waals surface area contributed by atoms with Gasteiger partial charge in [-0.25, -0.2) is 0 Å². The average molecular weight is 663 g/mol. The van der Waals surface area contributed by atoms with Crippen LogP contribution >= 0.6 is 0 Å². The second-order valence-electron chi connectivity index (χ2n) is 13.6. The van der Waals surface area contributed by atoms with Crippen molar-refractivity contribution in [1.82, 2.24) is 0 Å². The summed E-state index contributed by atoms with van der Waals surface area (Å²) in [6, 6.07) is 30.2. The highest BCUT2D eigenvalue weighted by molar-refractivity contribution is 5.15. The van der Waals surface area contributed by atoms with Crippen molar-refractivity contribution >= 4 is 0 Å². The molecule has 9 atom stereocenters. The van der Waals surface area contributed by atoms with Gasteiger partial charge in [0, 0.05) is 6.42 Å². The van der Waals surface area contributed by atoms with Crippen LogP contribution in [0, 0.1) is 0 Å². The Bertz CT molecular complexity index is 1440. The molecule has 0 aromatic heterocycles. The van der Waals surface area contributed by atoms with E-state index in [0.717, 1.165) is 16.7 Å². The summed E-state index contributed by atoms with van der Waals surface area (Å²) in [4.78, 5) is 0. The summed E-state index contributed by atoms with van der Waals surface area (Å²) >= 11 is 0. The van der Waals surface area contributed by atoms with Crippen LogP contribution in [-0.2, 0) is 67.2 Å². The highest BCUT2D eigenvalue weighted by atomic mass is 16.9. The molecule has 0 saturated carbocycles. The van der Waals surface area contributed by atoms with E-state index in [0.29, 0.717) is 26.2 Å². The van der Waals surface area contributed by atoms with Crippen molar-refractivity contribution in [2.45, 2.75) is 121 Å². The van der Waals surface area contributed by atoms with Gasteiger partial charge in [0.25, 0.3) is 0 Å². The first-order valence-corrected chi connectivity index (χ1v) is 16.8. The molecule has 0 unspecified atom stereocenters. The number of rotatable bonds is 12. The van der Waals surface area contributed by atoms with E-state index in [2.05, 4.69) is 0 Å². The average Bonchev–Trinajstić information content (AvgIpc) is 3.58. The maximum absolute atomic E-state index is 6.66. The zero-order chi connectivity index (χ0) is 33.1. The normalized spacial score (nSPS) is 33.6. The van der Waals surface area contributed by atoms with Gasteiger partial charge in [-0.15, -0.1) is 0 Å². The molecule has 0 spiro atoms. The summed E-state index contributed by atoms with van der Waals surface area (Å²) in [6.45, 7) is 8.95. The third kappa shape index (κ3) is 8.17. The van der Waals surface area contributed by atoms with Gasteiger partial charge in [-0.3, -0.25) is 0 Å². The molecule has 0 N–H and O–H groups in total. The largest absolute Gasteiger partial charge is 0.374 e. The fraction of sp³-hybridized carbons (Fsp3) is 0.526. The molecule has 10 heteroatoms. The second-order valence-corrected chi connectivity index (χ2v) is 13.6. The quantitative estimate of drug-likeness (QED) is 0.235. The number of benzene rings is 3. The Balaban J connectivity index is 1.12. The third-order valence-electron chi connectivity index (χ3n) is 8.87. The van der Waals surface area contributed by atoms with Crippen molar-refractivity contribution in [3.8, 4) is 0 Å². The highest BCUT2D eigenvalue weighted by Gasteiger charge is 2.62. The van der Waals surface area contributed by atoms with E-state index in [9.17, 15) is 0 Å². The Kier molecular flexibility index (Phi) is 10.3. The molecule has 4 fully saturated rings. The Morgan fingerprint density at radius 2 is 1.15 bits per heavy atom. The predicted molar refractivity (Wildman–Crippen MR) is 173 cm³/mol. The molecule has 10 nitrogen and oxygen atoms in total. The minimum atomic E-state index is -0.857. The van der Waals surface area contributed by atoms with E-state index in [1.54, 1.807) is 0 Å². The van der Waals surface area contributed by atoms with E-state index < -0.39 is 61.0 Å². The minimum absolute atomic E-state index is 0.263. The summed E-state index contributed by atoms with van der Waals surface area (Å²) in [5, 5.41) is 0. The zero-order valence-electron chi connectivity index (χ0n) is 28.0. The van der Waals surface area contributed by atoms with Crippen molar-refractivity contribution in [2.24, 2.45) is 0 Å². The molecule has 0 bridgehead atoms. The lowest BCUT2D eigenvalue weighted by molar-refractivity contribution is -0.364. The van der Waals surface area contributed by atoms with E-state index >= 15 is 0 Å². The van der Waals surface area contributed by atoms with E-state index in [1.165, 1.54) is 0 Å². The van der Waals surface area contributed by atoms with Crippen LogP contribution < -0.4 is 0 Å². The van der Waals surface area contributed by atoms with E-state index in [4.69, 9.17) is 47.4 Å². The van der Waals surface area contributed by atoms with Crippen molar-refractivity contribution in [2.75, 3.05) is 6.61 Å². The molecule has 3 aromatic rings. The van der Waals surface area contributed by atoms with Gasteiger partial charge in [0.05, 0.1) is 32.5 Å². The first-order valence-electron chi connectivity index (χ1n) is 16.8. The van der Waals surface area contributed by atoms with Crippen LogP contribution in [0.3, 0.4) is 0 Å². The van der Waals surface area contributed by atoms with Gasteiger partial charge in [0.1, 0.15) is 30.5 Å². The van der Waals surface area contributed by atoms with Crippen molar-refractivity contribution in [1.29, 1.82) is 0 Å². The molecule has 0 amide bonds. The Morgan fingerprint density at radius 3 is 1.79 bits per heavy atom. The molecule has 0 aliphatic carbocycles. The van der Waals surface area contributed by atoms with E-state index in [1.807, 2.05) is 119 Å². The molecular weight excluding hydrogens is 616 g/mol. The van der Waals surface area contributed by atoms with Gasteiger partial charge >= 0.3 is 0 Å². The molecule has 7 rings (SSSR count). The molecular formula is C38H46O10. The maximum Gasteiger partial charge on any atom is 0.192 e. The van der Waals surface area contributed by atoms with Crippen molar-refractivity contribution in [3.05, 3.63) is 108 Å². The van der Waals surface area contributed by atoms with E-state index in [-0.39, 0.29) is 12.7 Å². The zero-order valence-corrected chi connectivity index (χ0v) is 28.0. The van der Waals surface area contributed by atoms with Crippen LogP contribution in [0.4, 0.5) is 0 Å². The standard InChI is InChI=1S/C38H46O10/c1-37(2)45-32-33(46-37)35(44-36-34(32)47-38(3,4)48-36)43-30-20-28(40-22-26-16-10-6-11-17-26)31(41-23-27-18-12-7-13-19-27)29(42-30)24-39-21-25-14-8-5-9-15-25/h5-19,28-36H,20-24H2,1-4H3/t28-,29-,30+,31+,32+,33-,34-,35+,36+/m1/s1. The van der Waals surface area contributed by atoms with Gasteiger partial charge in [-0.1, -0.05) is 91.0 Å². The summed E-state index contributed by atoms with van der Waals surface area (Å²) < 4.78 is 64.0. The van der Waals surface area contributed by atoms with Crippen molar-refractivity contribution in [3.63, 3.8) is 0 Å². The molecule has 4 aliphatic rings. The molecule has 3 aromatic carbocycles. The lowest BCUT2D eigenvalue weighted by Gasteiger charge is -2.44. The first-order chi connectivity index (χ1) is 23.2. The van der Waals surface area contributed by atoms with Gasteiger partial charge in [0.15, 0.2) is 30.4 Å². The van der Waals surface area contributed by atoms with Gasteiger partial charge in [-0.05, 0) is 44.4 Å². The highest BCUT2D eigenvalue weighted by Crippen LogP contribution is 2.45. The summed E-state index contributed by atoms with van der Waals surface area (Å²) in [5.41, 5.74) is 3.18. The molecule has 48 heavy (non-hydrogen) atoms. The fourth-order valence-electron chi connectivity index (χ4n) is 6.74. The van der Waals surface area contributed by atoms with Gasteiger partial charge < -0.3 is 47.4 Å². The predicted octanol–water partition coefficient (Wildman–Crippen LogP) is 5.86. The lowest BCUT2D eigenvalue weighted by atomic mass is 10.0. The van der Waals surface area contributed by atoms with Crippen LogP contribution in [-0.4, -0.2) is 73.7 Å². The van der Waals surface area contributed by atoms with Gasteiger partial charge in [0.2, 0.25) is 0 Å². The number of fused-ring (bicyclic) bond motifs is 3. The fourth-order valence-corrected chi connectivity index (χ4v) is 6.74. The lowest BCUT2D eigenvalue weighted by Crippen LogP contribution is -2.58. The van der Waals surface area contributed by atoms with Crippen LogP contribution in [0.5, 0.6) is 0 Å². The molecule has 4 heterocycles. The minimum Gasteiger partial charge on any atom is -0.374 e. The monoisotopic (exact) mass is 662 g/mol. The summed E-state index contributed by atoms with van der Waals surface area (Å²) in [5.74, 6) is -1.70. The van der Waals surface area contributed by atoms with Crippen LogP contribution in [0.25, 0.3) is 0 Å². The number of hydrogen-bond donors (Lipinski definition) is 0. The number of hydrogen-bond acceptors (Lipinski definition) is 10. The Labute approximate surface area is 282 Å². The second kappa shape index (κ2) is 14.6. The third-order valence-corrected chi connectivity index (χ3v) is 8.87. The summed E-state index contributed by atoms with van der Waals surface area (Å²) in [7, 11) is 0. The Morgan fingerprint density at radius 1 is 0.604 bits per heavy atom.